The van der Waals surface area contributed by atoms with E-state index in [2.05, 4.69) is 14.5 Å². The van der Waals surface area contributed by atoms with Crippen LogP contribution in [-0.4, -0.2) is 60.9 Å². The van der Waals surface area contributed by atoms with E-state index in [1.54, 1.807) is 6.20 Å². The number of aliphatic hydroxyl groups excluding tert-OH is 2. The number of hydrogen-bond donors (Lipinski definition) is 2. The lowest BCUT2D eigenvalue weighted by atomic mass is 9.79. The van der Waals surface area contributed by atoms with E-state index < -0.39 is 12.2 Å². The summed E-state index contributed by atoms with van der Waals surface area (Å²) < 4.78 is 2.16. The van der Waals surface area contributed by atoms with Gasteiger partial charge in [-0.1, -0.05) is 12.8 Å². The SMILES string of the molecule is O=C(c1cnc2c(c1)ncn2C1CCCC1)N1C[C@H]2C[C@H](O)[C@H](O)C[C@H]2C1. The molecule has 0 bridgehead atoms. The molecule has 0 radical (unpaired) electrons. The van der Waals surface area contributed by atoms with Crippen LogP contribution in [0.25, 0.3) is 11.2 Å². The molecule has 0 spiro atoms. The van der Waals surface area contributed by atoms with E-state index in [4.69, 9.17) is 0 Å². The van der Waals surface area contributed by atoms with E-state index in [1.165, 1.54) is 25.7 Å². The number of pyridine rings is 1. The summed E-state index contributed by atoms with van der Waals surface area (Å²) in [6.45, 7) is 1.28. The molecule has 2 N–H and O–H groups in total. The van der Waals surface area contributed by atoms with Gasteiger partial charge in [0.05, 0.1) is 24.1 Å². The van der Waals surface area contributed by atoms with Crippen molar-refractivity contribution in [1.82, 2.24) is 19.4 Å². The molecule has 1 saturated heterocycles. The van der Waals surface area contributed by atoms with E-state index in [0.717, 1.165) is 11.2 Å². The van der Waals surface area contributed by atoms with Crippen molar-refractivity contribution in [2.45, 2.75) is 56.8 Å². The summed E-state index contributed by atoms with van der Waals surface area (Å²) in [5, 5.41) is 19.8. The van der Waals surface area contributed by atoms with E-state index in [-0.39, 0.29) is 17.7 Å². The van der Waals surface area contributed by atoms with Gasteiger partial charge in [-0.3, -0.25) is 4.79 Å². The molecule has 3 fully saturated rings. The Balaban J connectivity index is 1.35. The van der Waals surface area contributed by atoms with Crippen molar-refractivity contribution in [3.63, 3.8) is 0 Å². The van der Waals surface area contributed by atoms with Crippen molar-refractivity contribution in [3.8, 4) is 0 Å². The molecular weight excluding hydrogens is 344 g/mol. The lowest BCUT2D eigenvalue weighted by molar-refractivity contribution is -0.0372. The normalized spacial score (nSPS) is 31.6. The van der Waals surface area contributed by atoms with Crippen molar-refractivity contribution < 1.29 is 15.0 Å². The lowest BCUT2D eigenvalue weighted by Crippen LogP contribution is -2.38. The van der Waals surface area contributed by atoms with Crippen molar-refractivity contribution in [2.24, 2.45) is 11.8 Å². The Morgan fingerprint density at radius 2 is 1.70 bits per heavy atom. The minimum atomic E-state index is -0.668. The summed E-state index contributed by atoms with van der Waals surface area (Å²) in [4.78, 5) is 23.9. The fraction of sp³-hybridized carbons (Fsp3) is 0.650. The molecule has 144 valence electrons. The third-order valence-electron chi connectivity index (χ3n) is 6.77. The van der Waals surface area contributed by atoms with Gasteiger partial charge in [0.1, 0.15) is 5.52 Å². The molecule has 1 amide bonds. The number of likely N-dealkylation sites (tertiary alicyclic amines) is 1. The van der Waals surface area contributed by atoms with Crippen molar-refractivity contribution in [1.29, 1.82) is 0 Å². The van der Waals surface area contributed by atoms with E-state index in [0.29, 0.717) is 37.5 Å². The minimum absolute atomic E-state index is 0.0294. The van der Waals surface area contributed by atoms with E-state index in [1.807, 2.05) is 17.3 Å². The molecule has 2 aliphatic carbocycles. The zero-order valence-electron chi connectivity index (χ0n) is 15.4. The molecule has 2 aromatic rings. The molecule has 1 aliphatic heterocycles. The Bertz CT molecular complexity index is 842. The van der Waals surface area contributed by atoms with Crippen LogP contribution in [-0.2, 0) is 0 Å². The number of aliphatic hydroxyl groups is 2. The van der Waals surface area contributed by atoms with Crippen LogP contribution in [0, 0.1) is 11.8 Å². The van der Waals surface area contributed by atoms with Gasteiger partial charge in [-0.15, -0.1) is 0 Å². The summed E-state index contributed by atoms with van der Waals surface area (Å²) >= 11 is 0. The number of aromatic nitrogens is 3. The maximum absolute atomic E-state index is 13.0. The van der Waals surface area contributed by atoms with Crippen LogP contribution in [0.2, 0.25) is 0 Å². The van der Waals surface area contributed by atoms with Gasteiger partial charge in [0.15, 0.2) is 5.65 Å². The Morgan fingerprint density at radius 1 is 1.04 bits per heavy atom. The maximum atomic E-state index is 13.0. The van der Waals surface area contributed by atoms with Gasteiger partial charge in [-0.25, -0.2) is 9.97 Å². The minimum Gasteiger partial charge on any atom is -0.390 e. The summed E-state index contributed by atoms with van der Waals surface area (Å²) in [6, 6.07) is 2.32. The van der Waals surface area contributed by atoms with Crippen LogP contribution in [0.4, 0.5) is 0 Å². The average molecular weight is 370 g/mol. The molecule has 5 rings (SSSR count). The second-order valence-corrected chi connectivity index (χ2v) is 8.49. The smallest absolute Gasteiger partial charge is 0.255 e. The number of hydrogen-bond acceptors (Lipinski definition) is 5. The summed E-state index contributed by atoms with van der Waals surface area (Å²) in [7, 11) is 0. The molecule has 7 heteroatoms. The summed E-state index contributed by atoms with van der Waals surface area (Å²) in [6.07, 6.45) is 8.17. The predicted octanol–water partition coefficient (Wildman–Crippen LogP) is 1.75. The molecule has 27 heavy (non-hydrogen) atoms. The average Bonchev–Trinajstić information content (AvgIpc) is 3.39. The quantitative estimate of drug-likeness (QED) is 0.840. The molecule has 4 atom stereocenters. The first-order valence-corrected chi connectivity index (χ1v) is 10.1. The molecule has 0 unspecified atom stereocenters. The Morgan fingerprint density at radius 3 is 2.37 bits per heavy atom. The predicted molar refractivity (Wildman–Crippen MR) is 99.2 cm³/mol. The molecule has 7 nitrogen and oxygen atoms in total. The zero-order chi connectivity index (χ0) is 18.5. The number of carbonyl (C=O) groups excluding carboxylic acids is 1. The number of carbonyl (C=O) groups is 1. The topological polar surface area (TPSA) is 91.5 Å². The molecular formula is C20H26N4O3. The highest BCUT2D eigenvalue weighted by Gasteiger charge is 2.42. The van der Waals surface area contributed by atoms with Gasteiger partial charge in [-0.2, -0.15) is 0 Å². The maximum Gasteiger partial charge on any atom is 0.255 e. The fourth-order valence-electron chi connectivity index (χ4n) is 5.24. The monoisotopic (exact) mass is 370 g/mol. The number of amides is 1. The molecule has 3 heterocycles. The van der Waals surface area contributed by atoms with Crippen LogP contribution in [0.3, 0.4) is 0 Å². The highest BCUT2D eigenvalue weighted by molar-refractivity contribution is 5.96. The van der Waals surface area contributed by atoms with Gasteiger partial charge in [0.2, 0.25) is 0 Å². The van der Waals surface area contributed by atoms with Crippen LogP contribution >= 0.6 is 0 Å². The second kappa shape index (κ2) is 6.56. The first-order valence-electron chi connectivity index (χ1n) is 10.1. The fourth-order valence-corrected chi connectivity index (χ4v) is 5.24. The van der Waals surface area contributed by atoms with Crippen LogP contribution in [0.15, 0.2) is 18.6 Å². The third kappa shape index (κ3) is 2.93. The van der Waals surface area contributed by atoms with Gasteiger partial charge in [0.25, 0.3) is 5.91 Å². The van der Waals surface area contributed by atoms with Gasteiger partial charge < -0.3 is 19.7 Å². The lowest BCUT2D eigenvalue weighted by Gasteiger charge is -2.31. The van der Waals surface area contributed by atoms with Crippen molar-refractivity contribution >= 4 is 17.1 Å². The van der Waals surface area contributed by atoms with E-state index >= 15 is 0 Å². The zero-order valence-corrected chi connectivity index (χ0v) is 15.4. The molecule has 2 saturated carbocycles. The van der Waals surface area contributed by atoms with E-state index in [9.17, 15) is 15.0 Å². The summed E-state index contributed by atoms with van der Waals surface area (Å²) in [5.41, 5.74) is 2.20. The molecule has 3 aliphatic rings. The Kier molecular flexibility index (Phi) is 4.16. The van der Waals surface area contributed by atoms with Crippen molar-refractivity contribution in [3.05, 3.63) is 24.2 Å². The highest BCUT2D eigenvalue weighted by atomic mass is 16.3. The van der Waals surface area contributed by atoms with Crippen LogP contribution in [0.5, 0.6) is 0 Å². The standard InChI is InChI=1S/C20H26N4O3/c25-17-6-13-9-23(10-14(13)7-18(17)26)20(27)12-5-16-19(21-8-12)24(11-22-16)15-3-1-2-4-15/h5,8,11,13-15,17-18,25-26H,1-4,6-7,9-10H2/t13-,14+,17+,18-. The number of nitrogens with zero attached hydrogens (tertiary/aromatic N) is 4. The second-order valence-electron chi connectivity index (χ2n) is 8.49. The first-order chi connectivity index (χ1) is 13.1. The van der Waals surface area contributed by atoms with Gasteiger partial charge in [-0.05, 0) is 43.6 Å². The number of imidazole rings is 1. The number of fused-ring (bicyclic) bond motifs is 2. The molecule has 0 aromatic carbocycles. The first kappa shape index (κ1) is 17.1. The summed E-state index contributed by atoms with van der Waals surface area (Å²) in [5.74, 6) is 0.509. The number of rotatable bonds is 2. The van der Waals surface area contributed by atoms with Gasteiger partial charge >= 0.3 is 0 Å². The third-order valence-corrected chi connectivity index (χ3v) is 6.77. The van der Waals surface area contributed by atoms with Crippen molar-refractivity contribution in [2.75, 3.05) is 13.1 Å². The largest absolute Gasteiger partial charge is 0.390 e. The Labute approximate surface area is 158 Å². The van der Waals surface area contributed by atoms with Crippen LogP contribution < -0.4 is 0 Å². The molecule has 2 aromatic heterocycles. The highest BCUT2D eigenvalue weighted by Crippen LogP contribution is 2.37. The Hall–Kier alpha value is -1.99. The van der Waals surface area contributed by atoms with Gasteiger partial charge in [0, 0.05) is 25.3 Å². The van der Waals surface area contributed by atoms with Crippen LogP contribution in [0.1, 0.15) is 54.9 Å².